The molecule has 1 N–H and O–H groups in total. The van der Waals surface area contributed by atoms with Crippen LogP contribution in [0.4, 0.5) is 10.5 Å². The summed E-state index contributed by atoms with van der Waals surface area (Å²) in [5.74, 6) is 0.379. The van der Waals surface area contributed by atoms with Gasteiger partial charge in [-0.2, -0.15) is 0 Å². The first-order valence-electron chi connectivity index (χ1n) is 8.16. The summed E-state index contributed by atoms with van der Waals surface area (Å²) in [6.07, 6.45) is -0.571. The van der Waals surface area contributed by atoms with Crippen LogP contribution in [-0.2, 0) is 0 Å². The average Bonchev–Trinajstić information content (AvgIpc) is 3.08. The standard InChI is InChI=1S/C20H16N4O2/c1-14-11-12-19(26-20(25)21-15-7-3-2-4-8-15)18(13-14)24-22-16-9-5-6-10-17(16)23-24/h2-13H,1H3,(H,21,25). The monoisotopic (exact) mass is 344 g/mol. The number of anilines is 1. The zero-order valence-corrected chi connectivity index (χ0v) is 14.1. The van der Waals surface area contributed by atoms with Crippen molar-refractivity contribution in [2.45, 2.75) is 6.92 Å². The van der Waals surface area contributed by atoms with E-state index in [1.165, 1.54) is 4.80 Å². The topological polar surface area (TPSA) is 69.0 Å². The number of para-hydroxylation sites is 1. The van der Waals surface area contributed by atoms with E-state index in [0.29, 0.717) is 17.1 Å². The lowest BCUT2D eigenvalue weighted by Crippen LogP contribution is -2.18. The third-order valence-corrected chi connectivity index (χ3v) is 3.84. The summed E-state index contributed by atoms with van der Waals surface area (Å²) in [6.45, 7) is 1.96. The van der Waals surface area contributed by atoms with Gasteiger partial charge in [0.1, 0.15) is 16.7 Å². The van der Waals surface area contributed by atoms with Crippen molar-refractivity contribution in [2.75, 3.05) is 5.32 Å². The van der Waals surface area contributed by atoms with E-state index in [0.717, 1.165) is 16.6 Å². The Kier molecular flexibility index (Phi) is 4.07. The number of amides is 1. The van der Waals surface area contributed by atoms with Crippen LogP contribution >= 0.6 is 0 Å². The van der Waals surface area contributed by atoms with E-state index in [-0.39, 0.29) is 0 Å². The second-order valence-corrected chi connectivity index (χ2v) is 5.83. The van der Waals surface area contributed by atoms with Gasteiger partial charge in [-0.15, -0.1) is 15.0 Å². The van der Waals surface area contributed by atoms with Gasteiger partial charge in [0.25, 0.3) is 0 Å². The molecule has 3 aromatic carbocycles. The Hall–Kier alpha value is -3.67. The Bertz CT molecular complexity index is 1040. The number of ether oxygens (including phenoxy) is 1. The molecule has 0 aliphatic rings. The fourth-order valence-corrected chi connectivity index (χ4v) is 2.60. The number of rotatable bonds is 3. The number of hydrogen-bond donors (Lipinski definition) is 1. The average molecular weight is 344 g/mol. The molecule has 0 atom stereocenters. The highest BCUT2D eigenvalue weighted by Crippen LogP contribution is 2.25. The summed E-state index contributed by atoms with van der Waals surface area (Å²) in [7, 11) is 0. The van der Waals surface area contributed by atoms with E-state index < -0.39 is 6.09 Å². The molecule has 0 saturated heterocycles. The number of fused-ring (bicyclic) bond motifs is 1. The van der Waals surface area contributed by atoms with E-state index in [1.54, 1.807) is 18.2 Å². The van der Waals surface area contributed by atoms with Gasteiger partial charge >= 0.3 is 6.09 Å². The van der Waals surface area contributed by atoms with E-state index in [4.69, 9.17) is 4.74 Å². The van der Waals surface area contributed by atoms with Gasteiger partial charge in [0.2, 0.25) is 0 Å². The number of hydrogen-bond acceptors (Lipinski definition) is 4. The number of carbonyl (C=O) groups excluding carboxylic acids is 1. The summed E-state index contributed by atoms with van der Waals surface area (Å²) in [5, 5.41) is 11.6. The van der Waals surface area contributed by atoms with Crippen LogP contribution in [0.25, 0.3) is 16.7 Å². The first-order chi connectivity index (χ1) is 12.7. The lowest BCUT2D eigenvalue weighted by Gasteiger charge is -2.11. The van der Waals surface area contributed by atoms with Crippen LogP contribution < -0.4 is 10.1 Å². The minimum atomic E-state index is -0.571. The Labute approximate surface area is 150 Å². The number of nitrogens with zero attached hydrogens (tertiary/aromatic N) is 3. The molecule has 0 unspecified atom stereocenters. The number of benzene rings is 3. The van der Waals surface area contributed by atoms with Crippen molar-refractivity contribution in [3.63, 3.8) is 0 Å². The van der Waals surface area contributed by atoms with Gasteiger partial charge in [0.15, 0.2) is 5.75 Å². The van der Waals surface area contributed by atoms with Crippen molar-refractivity contribution in [2.24, 2.45) is 0 Å². The maximum Gasteiger partial charge on any atom is 0.417 e. The van der Waals surface area contributed by atoms with Crippen LogP contribution in [0.2, 0.25) is 0 Å². The van der Waals surface area contributed by atoms with E-state index in [2.05, 4.69) is 15.5 Å². The van der Waals surface area contributed by atoms with Crippen LogP contribution in [0.15, 0.2) is 72.8 Å². The zero-order chi connectivity index (χ0) is 17.9. The summed E-state index contributed by atoms with van der Waals surface area (Å²) < 4.78 is 5.50. The molecule has 6 nitrogen and oxygen atoms in total. The molecular weight excluding hydrogens is 328 g/mol. The first-order valence-corrected chi connectivity index (χ1v) is 8.16. The molecule has 0 aliphatic heterocycles. The molecule has 0 saturated carbocycles. The molecule has 0 aliphatic carbocycles. The highest BCUT2D eigenvalue weighted by molar-refractivity contribution is 5.86. The van der Waals surface area contributed by atoms with E-state index in [1.807, 2.05) is 61.5 Å². The molecule has 1 aromatic heterocycles. The largest absolute Gasteiger partial charge is 0.417 e. The van der Waals surface area contributed by atoms with Gasteiger partial charge in [-0.05, 0) is 48.9 Å². The number of aromatic nitrogens is 3. The third kappa shape index (κ3) is 3.25. The number of aryl methyl sites for hydroxylation is 1. The molecule has 0 spiro atoms. The van der Waals surface area contributed by atoms with Crippen LogP contribution in [0.1, 0.15) is 5.56 Å². The maximum atomic E-state index is 12.2. The molecule has 0 fully saturated rings. The zero-order valence-electron chi connectivity index (χ0n) is 14.1. The van der Waals surface area contributed by atoms with E-state index in [9.17, 15) is 4.79 Å². The Morgan fingerprint density at radius 2 is 1.58 bits per heavy atom. The molecule has 0 bridgehead atoms. The quantitative estimate of drug-likeness (QED) is 0.600. The predicted octanol–water partition coefficient (Wildman–Crippen LogP) is 4.34. The summed E-state index contributed by atoms with van der Waals surface area (Å²) in [4.78, 5) is 13.7. The molecule has 0 radical (unpaired) electrons. The molecule has 4 aromatic rings. The van der Waals surface area contributed by atoms with Gasteiger partial charge in [-0.3, -0.25) is 5.32 Å². The Morgan fingerprint density at radius 1 is 0.923 bits per heavy atom. The lowest BCUT2D eigenvalue weighted by molar-refractivity contribution is 0.215. The molecule has 128 valence electrons. The fourth-order valence-electron chi connectivity index (χ4n) is 2.60. The van der Waals surface area contributed by atoms with Crippen LogP contribution in [0.5, 0.6) is 5.75 Å². The SMILES string of the molecule is Cc1ccc(OC(=O)Nc2ccccc2)c(-n2nc3ccccc3n2)c1. The van der Waals surface area contributed by atoms with Gasteiger partial charge in [-0.25, -0.2) is 4.79 Å². The first kappa shape index (κ1) is 15.8. The van der Waals surface area contributed by atoms with E-state index >= 15 is 0 Å². The van der Waals surface area contributed by atoms with Gasteiger partial charge < -0.3 is 4.74 Å². The number of nitrogens with one attached hydrogen (secondary N) is 1. The Balaban J connectivity index is 1.65. The summed E-state index contributed by atoms with van der Waals surface area (Å²) in [5.41, 5.74) is 3.82. The highest BCUT2D eigenvalue weighted by Gasteiger charge is 2.14. The van der Waals surface area contributed by atoms with Crippen molar-refractivity contribution in [1.82, 2.24) is 15.0 Å². The molecule has 1 amide bonds. The predicted molar refractivity (Wildman–Crippen MR) is 99.7 cm³/mol. The van der Waals surface area contributed by atoms with Crippen LogP contribution in [0, 0.1) is 6.92 Å². The Morgan fingerprint density at radius 3 is 2.27 bits per heavy atom. The smallest absolute Gasteiger partial charge is 0.408 e. The van der Waals surface area contributed by atoms with Gasteiger partial charge in [0, 0.05) is 5.69 Å². The molecule has 6 heteroatoms. The number of carbonyl (C=O) groups is 1. The lowest BCUT2D eigenvalue weighted by atomic mass is 10.2. The molecule has 1 heterocycles. The minimum Gasteiger partial charge on any atom is -0.408 e. The van der Waals surface area contributed by atoms with Crippen LogP contribution in [0.3, 0.4) is 0 Å². The van der Waals surface area contributed by atoms with Crippen molar-refractivity contribution in [1.29, 1.82) is 0 Å². The normalized spacial score (nSPS) is 10.7. The van der Waals surface area contributed by atoms with Crippen molar-refractivity contribution in [3.8, 4) is 11.4 Å². The maximum absolute atomic E-state index is 12.2. The summed E-state index contributed by atoms with van der Waals surface area (Å²) >= 11 is 0. The van der Waals surface area contributed by atoms with Gasteiger partial charge in [0.05, 0.1) is 0 Å². The second kappa shape index (κ2) is 6.68. The van der Waals surface area contributed by atoms with Crippen molar-refractivity contribution >= 4 is 22.8 Å². The fraction of sp³-hybridized carbons (Fsp3) is 0.0500. The molecule has 4 rings (SSSR count). The molecular formula is C20H16N4O2. The highest BCUT2D eigenvalue weighted by atomic mass is 16.6. The summed E-state index contributed by atoms with van der Waals surface area (Å²) in [6, 6.07) is 22.2. The molecule has 26 heavy (non-hydrogen) atoms. The second-order valence-electron chi connectivity index (χ2n) is 5.83. The third-order valence-electron chi connectivity index (χ3n) is 3.84. The van der Waals surface area contributed by atoms with Crippen molar-refractivity contribution in [3.05, 3.63) is 78.4 Å². The van der Waals surface area contributed by atoms with Crippen molar-refractivity contribution < 1.29 is 9.53 Å². The van der Waals surface area contributed by atoms with Gasteiger partial charge in [-0.1, -0.05) is 36.4 Å². The van der Waals surface area contributed by atoms with Crippen LogP contribution in [-0.4, -0.2) is 21.1 Å². The minimum absolute atomic E-state index is 0.379.